The van der Waals surface area contributed by atoms with Crippen molar-refractivity contribution >= 4 is 5.91 Å². The molecular weight excluding hydrogens is 176 g/mol. The van der Waals surface area contributed by atoms with Gasteiger partial charge in [0.2, 0.25) is 5.91 Å². The van der Waals surface area contributed by atoms with Crippen LogP contribution in [0.4, 0.5) is 0 Å². The molecule has 2 unspecified atom stereocenters. The molecule has 80 valence electrons. The van der Waals surface area contributed by atoms with Gasteiger partial charge in [0.1, 0.15) is 0 Å². The average Bonchev–Trinajstić information content (AvgIpc) is 2.58. The van der Waals surface area contributed by atoms with Crippen LogP contribution in [0.3, 0.4) is 0 Å². The van der Waals surface area contributed by atoms with Crippen LogP contribution in [0.5, 0.6) is 0 Å². The molecule has 3 nitrogen and oxygen atoms in total. The van der Waals surface area contributed by atoms with E-state index < -0.39 is 0 Å². The normalized spacial score (nSPS) is 27.0. The van der Waals surface area contributed by atoms with Crippen LogP contribution in [-0.2, 0) is 4.79 Å². The summed E-state index contributed by atoms with van der Waals surface area (Å²) in [5, 5.41) is 0. The van der Waals surface area contributed by atoms with E-state index in [0.717, 1.165) is 19.6 Å². The van der Waals surface area contributed by atoms with Gasteiger partial charge >= 0.3 is 0 Å². The molecule has 1 saturated heterocycles. The third-order valence-electron chi connectivity index (χ3n) is 3.12. The molecule has 1 aliphatic rings. The van der Waals surface area contributed by atoms with E-state index in [1.807, 2.05) is 4.90 Å². The predicted octanol–water partition coefficient (Wildman–Crippen LogP) is 0.971. The van der Waals surface area contributed by atoms with Gasteiger partial charge in [-0.1, -0.05) is 20.4 Å². The molecule has 0 aromatic carbocycles. The van der Waals surface area contributed by atoms with Crippen molar-refractivity contribution in [2.24, 2.45) is 5.92 Å². The lowest BCUT2D eigenvalue weighted by Crippen LogP contribution is -2.37. The molecule has 1 heterocycles. The van der Waals surface area contributed by atoms with Gasteiger partial charge in [-0.25, -0.2) is 0 Å². The van der Waals surface area contributed by atoms with Crippen molar-refractivity contribution in [3.63, 3.8) is 0 Å². The Morgan fingerprint density at radius 3 is 2.79 bits per heavy atom. The summed E-state index contributed by atoms with van der Waals surface area (Å²) in [6, 6.07) is 0.504. The van der Waals surface area contributed by atoms with Crippen LogP contribution in [0.25, 0.3) is 0 Å². The van der Waals surface area contributed by atoms with Crippen LogP contribution in [0.1, 0.15) is 13.8 Å². The van der Waals surface area contributed by atoms with Gasteiger partial charge in [-0.15, -0.1) is 0 Å². The van der Waals surface area contributed by atoms with E-state index in [0.29, 0.717) is 12.0 Å². The van der Waals surface area contributed by atoms with Gasteiger partial charge in [0.25, 0.3) is 0 Å². The molecule has 0 N–H and O–H groups in total. The van der Waals surface area contributed by atoms with Crippen molar-refractivity contribution in [1.29, 1.82) is 0 Å². The molecule has 1 amide bonds. The second-order valence-corrected chi connectivity index (χ2v) is 4.07. The van der Waals surface area contributed by atoms with Crippen molar-refractivity contribution in [2.75, 3.05) is 26.7 Å². The van der Waals surface area contributed by atoms with E-state index in [4.69, 9.17) is 0 Å². The minimum Gasteiger partial charge on any atom is -0.337 e. The van der Waals surface area contributed by atoms with Crippen molar-refractivity contribution in [3.05, 3.63) is 12.7 Å². The van der Waals surface area contributed by atoms with E-state index >= 15 is 0 Å². The molecule has 3 heteroatoms. The van der Waals surface area contributed by atoms with Gasteiger partial charge in [0, 0.05) is 19.1 Å². The summed E-state index contributed by atoms with van der Waals surface area (Å²) in [7, 11) is 2.11. The summed E-state index contributed by atoms with van der Waals surface area (Å²) in [6.07, 6.45) is 1.40. The fourth-order valence-corrected chi connectivity index (χ4v) is 2.07. The van der Waals surface area contributed by atoms with E-state index in [1.54, 1.807) is 0 Å². The number of likely N-dealkylation sites (N-methyl/N-ethyl adjacent to an activating group) is 1. The van der Waals surface area contributed by atoms with Crippen LogP contribution in [0, 0.1) is 5.92 Å². The highest BCUT2D eigenvalue weighted by atomic mass is 16.2. The van der Waals surface area contributed by atoms with Gasteiger partial charge in [0.05, 0.1) is 0 Å². The van der Waals surface area contributed by atoms with E-state index in [9.17, 15) is 4.79 Å². The smallest absolute Gasteiger partial charge is 0.246 e. The maximum absolute atomic E-state index is 11.4. The number of rotatable bonds is 3. The maximum Gasteiger partial charge on any atom is 0.246 e. The summed E-state index contributed by atoms with van der Waals surface area (Å²) < 4.78 is 0. The summed E-state index contributed by atoms with van der Waals surface area (Å²) in [5.41, 5.74) is 0. The first kappa shape index (κ1) is 11.2. The number of carbonyl (C=O) groups is 1. The minimum atomic E-state index is 0.0591. The van der Waals surface area contributed by atoms with Crippen molar-refractivity contribution in [2.45, 2.75) is 19.9 Å². The van der Waals surface area contributed by atoms with E-state index in [-0.39, 0.29) is 5.91 Å². The number of nitrogens with zero attached hydrogens (tertiary/aromatic N) is 2. The zero-order valence-corrected chi connectivity index (χ0v) is 9.36. The Kier molecular flexibility index (Phi) is 3.69. The lowest BCUT2D eigenvalue weighted by molar-refractivity contribution is -0.125. The predicted molar refractivity (Wildman–Crippen MR) is 58.0 cm³/mol. The lowest BCUT2D eigenvalue weighted by Gasteiger charge is -2.25. The highest BCUT2D eigenvalue weighted by Crippen LogP contribution is 2.20. The molecular formula is C11H20N2O. The Hall–Kier alpha value is -0.830. The van der Waals surface area contributed by atoms with Crippen LogP contribution in [0.15, 0.2) is 12.7 Å². The third-order valence-corrected chi connectivity index (χ3v) is 3.12. The van der Waals surface area contributed by atoms with Crippen molar-refractivity contribution in [3.8, 4) is 0 Å². The van der Waals surface area contributed by atoms with Crippen LogP contribution in [-0.4, -0.2) is 48.4 Å². The average molecular weight is 196 g/mol. The molecule has 0 aliphatic carbocycles. The third kappa shape index (κ3) is 2.15. The standard InChI is InChI=1S/C11H20N2O/c1-5-11(14)13-7-9(3)10(8-13)12(4)6-2/h5,9-10H,1,6-8H2,2-4H3. The van der Waals surface area contributed by atoms with Crippen LogP contribution >= 0.6 is 0 Å². The molecule has 0 aromatic heterocycles. The topological polar surface area (TPSA) is 23.6 Å². The van der Waals surface area contributed by atoms with E-state index in [2.05, 4.69) is 32.4 Å². The molecule has 2 atom stereocenters. The zero-order chi connectivity index (χ0) is 10.7. The van der Waals surface area contributed by atoms with Crippen molar-refractivity contribution in [1.82, 2.24) is 9.80 Å². The van der Waals surface area contributed by atoms with E-state index in [1.165, 1.54) is 6.08 Å². The Morgan fingerprint density at radius 2 is 2.29 bits per heavy atom. The Morgan fingerprint density at radius 1 is 1.64 bits per heavy atom. The second kappa shape index (κ2) is 4.60. The monoisotopic (exact) mass is 196 g/mol. The summed E-state index contributed by atoms with van der Waals surface area (Å²) in [4.78, 5) is 15.6. The van der Waals surface area contributed by atoms with Gasteiger partial charge in [-0.05, 0) is 25.6 Å². The summed E-state index contributed by atoms with van der Waals surface area (Å²) >= 11 is 0. The van der Waals surface area contributed by atoms with Gasteiger partial charge < -0.3 is 9.80 Å². The maximum atomic E-state index is 11.4. The Balaban J connectivity index is 2.59. The summed E-state index contributed by atoms with van der Waals surface area (Å²) in [6.45, 7) is 10.6. The molecule has 1 fully saturated rings. The number of hydrogen-bond donors (Lipinski definition) is 0. The first-order chi connectivity index (χ1) is 6.60. The SMILES string of the molecule is C=CC(=O)N1CC(C)C(N(C)CC)C1. The number of carbonyl (C=O) groups excluding carboxylic acids is 1. The lowest BCUT2D eigenvalue weighted by atomic mass is 10.1. The number of amides is 1. The molecule has 0 saturated carbocycles. The quantitative estimate of drug-likeness (QED) is 0.628. The molecule has 0 bridgehead atoms. The fraction of sp³-hybridized carbons (Fsp3) is 0.727. The number of hydrogen-bond acceptors (Lipinski definition) is 2. The zero-order valence-electron chi connectivity index (χ0n) is 9.36. The Bertz CT molecular complexity index is 227. The van der Waals surface area contributed by atoms with Gasteiger partial charge in [-0.3, -0.25) is 4.79 Å². The molecule has 0 spiro atoms. The highest BCUT2D eigenvalue weighted by Gasteiger charge is 2.33. The largest absolute Gasteiger partial charge is 0.337 e. The molecule has 0 aromatic rings. The van der Waals surface area contributed by atoms with Gasteiger partial charge in [0.15, 0.2) is 0 Å². The Labute approximate surface area is 86.4 Å². The highest BCUT2D eigenvalue weighted by molar-refractivity contribution is 5.87. The van der Waals surface area contributed by atoms with Gasteiger partial charge in [-0.2, -0.15) is 0 Å². The van der Waals surface area contributed by atoms with Crippen molar-refractivity contribution < 1.29 is 4.79 Å². The fourth-order valence-electron chi connectivity index (χ4n) is 2.07. The second-order valence-electron chi connectivity index (χ2n) is 4.07. The first-order valence-electron chi connectivity index (χ1n) is 5.21. The van der Waals surface area contributed by atoms with Crippen LogP contribution in [0.2, 0.25) is 0 Å². The molecule has 1 aliphatic heterocycles. The first-order valence-corrected chi connectivity index (χ1v) is 5.21. The van der Waals surface area contributed by atoms with Crippen LogP contribution < -0.4 is 0 Å². The molecule has 0 radical (unpaired) electrons. The molecule has 1 rings (SSSR count). The number of likely N-dealkylation sites (tertiary alicyclic amines) is 1. The summed E-state index contributed by atoms with van der Waals surface area (Å²) in [5.74, 6) is 0.618. The molecule has 14 heavy (non-hydrogen) atoms. The minimum absolute atomic E-state index is 0.0591.